The van der Waals surface area contributed by atoms with E-state index in [2.05, 4.69) is 9.88 Å². The molecule has 27 heavy (non-hydrogen) atoms. The summed E-state index contributed by atoms with van der Waals surface area (Å²) in [6.45, 7) is 3.48. The number of unbranched alkanes of at least 4 members (excludes halogenated alkanes) is 1. The van der Waals surface area contributed by atoms with E-state index in [4.69, 9.17) is 0 Å². The van der Waals surface area contributed by atoms with Gasteiger partial charge in [-0.05, 0) is 63.0 Å². The molecule has 2 aromatic rings. The molecule has 1 aliphatic heterocycles. The lowest BCUT2D eigenvalue weighted by molar-refractivity contribution is 0.0978. The molecule has 2 heterocycles. The first-order chi connectivity index (χ1) is 13.2. The Bertz CT molecular complexity index is 881. The zero-order chi connectivity index (χ0) is 18.6. The first-order valence-electron chi connectivity index (χ1n) is 9.80. The van der Waals surface area contributed by atoms with Crippen molar-refractivity contribution in [2.45, 2.75) is 32.1 Å². The Morgan fingerprint density at radius 2 is 1.89 bits per heavy atom. The first kappa shape index (κ1) is 17.8. The number of aromatic nitrogens is 1. The van der Waals surface area contributed by atoms with Crippen LogP contribution in [0.4, 0.5) is 0 Å². The predicted molar refractivity (Wildman–Crippen MR) is 107 cm³/mol. The van der Waals surface area contributed by atoms with Gasteiger partial charge in [0.05, 0.1) is 5.69 Å². The van der Waals surface area contributed by atoms with Crippen LogP contribution < -0.4 is 0 Å². The minimum Gasteiger partial charge on any atom is -0.303 e. The van der Waals surface area contributed by atoms with Crippen LogP contribution in [0.5, 0.6) is 0 Å². The number of benzene rings is 1. The predicted octanol–water partition coefficient (Wildman–Crippen LogP) is 4.27. The molecule has 1 aromatic carbocycles. The second-order valence-corrected chi connectivity index (χ2v) is 7.35. The molecule has 1 saturated heterocycles. The molecule has 0 spiro atoms. The quantitative estimate of drug-likeness (QED) is 0.420. The molecule has 0 bridgehead atoms. The van der Waals surface area contributed by atoms with Gasteiger partial charge in [-0.3, -0.25) is 14.6 Å². The maximum atomic E-state index is 12.4. The zero-order valence-corrected chi connectivity index (χ0v) is 15.5. The van der Waals surface area contributed by atoms with Crippen LogP contribution in [-0.2, 0) is 0 Å². The summed E-state index contributed by atoms with van der Waals surface area (Å²) in [5.74, 6) is 0.0602. The molecule has 2 aliphatic rings. The van der Waals surface area contributed by atoms with Gasteiger partial charge in [-0.2, -0.15) is 0 Å². The molecule has 4 rings (SSSR count). The maximum absolute atomic E-state index is 12.4. The number of ketones is 2. The highest BCUT2D eigenvalue weighted by molar-refractivity contribution is 6.41. The van der Waals surface area contributed by atoms with E-state index in [9.17, 15) is 9.59 Å². The highest BCUT2D eigenvalue weighted by Crippen LogP contribution is 2.34. The van der Waals surface area contributed by atoms with E-state index in [1.807, 2.05) is 36.4 Å². The van der Waals surface area contributed by atoms with E-state index in [0.29, 0.717) is 28.8 Å². The van der Waals surface area contributed by atoms with Crippen molar-refractivity contribution < 1.29 is 9.59 Å². The van der Waals surface area contributed by atoms with Crippen LogP contribution in [0.3, 0.4) is 0 Å². The lowest BCUT2D eigenvalue weighted by Gasteiger charge is -2.20. The maximum Gasteiger partial charge on any atom is 0.197 e. The third-order valence-electron chi connectivity index (χ3n) is 5.39. The van der Waals surface area contributed by atoms with E-state index in [-0.39, 0.29) is 11.6 Å². The fourth-order valence-corrected chi connectivity index (χ4v) is 3.82. The minimum absolute atomic E-state index is 0.0231. The smallest absolute Gasteiger partial charge is 0.197 e. The van der Waals surface area contributed by atoms with Crippen LogP contribution in [0.2, 0.25) is 0 Å². The molecule has 0 radical (unpaired) electrons. The van der Waals surface area contributed by atoms with E-state index in [1.165, 1.54) is 25.9 Å². The third-order valence-corrected chi connectivity index (χ3v) is 5.39. The van der Waals surface area contributed by atoms with Gasteiger partial charge < -0.3 is 4.90 Å². The van der Waals surface area contributed by atoms with Crippen molar-refractivity contribution in [1.82, 2.24) is 9.88 Å². The summed E-state index contributed by atoms with van der Waals surface area (Å²) in [6.07, 6.45) is 8.54. The number of likely N-dealkylation sites (tertiary alicyclic amines) is 1. The van der Waals surface area contributed by atoms with Crippen molar-refractivity contribution in [2.75, 3.05) is 19.6 Å². The highest BCUT2D eigenvalue weighted by Gasteiger charge is 2.32. The number of Topliss-reactive ketones (excluding diaryl/α,β-unsaturated/α-hetero) is 2. The average molecular weight is 360 g/mol. The highest BCUT2D eigenvalue weighted by atomic mass is 16.1. The summed E-state index contributed by atoms with van der Waals surface area (Å²) < 4.78 is 0. The van der Waals surface area contributed by atoms with E-state index < -0.39 is 0 Å². The number of carbonyl (C=O) groups excluding carboxylic acids is 2. The monoisotopic (exact) mass is 360 g/mol. The summed E-state index contributed by atoms with van der Waals surface area (Å²) in [5.41, 5.74) is 3.43. The second-order valence-electron chi connectivity index (χ2n) is 7.35. The summed E-state index contributed by atoms with van der Waals surface area (Å²) in [5, 5.41) is 0. The number of rotatable bonds is 7. The van der Waals surface area contributed by atoms with Gasteiger partial charge in [0.2, 0.25) is 0 Å². The number of carbonyl (C=O) groups is 2. The Labute approximate surface area is 159 Å². The van der Waals surface area contributed by atoms with Gasteiger partial charge >= 0.3 is 0 Å². The van der Waals surface area contributed by atoms with Crippen molar-refractivity contribution in [3.05, 3.63) is 65.0 Å². The number of hydrogen-bond donors (Lipinski definition) is 0. The zero-order valence-electron chi connectivity index (χ0n) is 15.5. The summed E-state index contributed by atoms with van der Waals surface area (Å²) >= 11 is 0. The van der Waals surface area contributed by atoms with Crippen LogP contribution in [0.25, 0.3) is 11.6 Å². The van der Waals surface area contributed by atoms with Gasteiger partial charge in [-0.15, -0.1) is 0 Å². The van der Waals surface area contributed by atoms with E-state index >= 15 is 0 Å². The summed E-state index contributed by atoms with van der Waals surface area (Å²) in [4.78, 5) is 31.7. The second kappa shape index (κ2) is 7.97. The van der Waals surface area contributed by atoms with Gasteiger partial charge in [-0.25, -0.2) is 0 Å². The van der Waals surface area contributed by atoms with Crippen molar-refractivity contribution in [2.24, 2.45) is 0 Å². The van der Waals surface area contributed by atoms with Crippen molar-refractivity contribution in [3.8, 4) is 0 Å². The molecule has 1 aromatic heterocycles. The first-order valence-corrected chi connectivity index (χ1v) is 9.80. The summed E-state index contributed by atoms with van der Waals surface area (Å²) in [7, 11) is 0. The van der Waals surface area contributed by atoms with Gasteiger partial charge in [0.15, 0.2) is 11.6 Å². The fourth-order valence-electron chi connectivity index (χ4n) is 3.82. The number of allylic oxidation sites excluding steroid dienone is 1. The molecule has 138 valence electrons. The number of pyridine rings is 1. The number of hydrogen-bond acceptors (Lipinski definition) is 4. The molecule has 4 nitrogen and oxygen atoms in total. The number of fused-ring (bicyclic) bond motifs is 1. The van der Waals surface area contributed by atoms with Gasteiger partial charge in [0.1, 0.15) is 0 Å². The molecular weight excluding hydrogens is 336 g/mol. The van der Waals surface area contributed by atoms with Crippen LogP contribution in [0.15, 0.2) is 42.6 Å². The van der Waals surface area contributed by atoms with E-state index in [1.54, 1.807) is 12.3 Å². The molecule has 0 amide bonds. The standard InChI is InChI=1S/C23H24N2O2/c26-21(10-4-5-11-25-12-6-7-13-25)18-15-20-22(24-16-18)19(23(20)27)14-17-8-2-1-3-9-17/h1-3,8-9,14-16H,4-7,10-13H2/b19-14-. The topological polar surface area (TPSA) is 50.3 Å². The molecule has 0 saturated carbocycles. The third kappa shape index (κ3) is 3.91. The Morgan fingerprint density at radius 1 is 1.11 bits per heavy atom. The molecule has 1 aliphatic carbocycles. The molecular formula is C23H24N2O2. The Kier molecular flexibility index (Phi) is 5.26. The SMILES string of the molecule is O=C(CCCCN1CCCC1)c1cnc2c(c1)C(=O)/C2=C\c1ccccc1. The lowest BCUT2D eigenvalue weighted by Crippen LogP contribution is -2.21. The largest absolute Gasteiger partial charge is 0.303 e. The van der Waals surface area contributed by atoms with Crippen molar-refractivity contribution in [1.29, 1.82) is 0 Å². The van der Waals surface area contributed by atoms with Gasteiger partial charge in [0.25, 0.3) is 0 Å². The van der Waals surface area contributed by atoms with Crippen LogP contribution in [0.1, 0.15) is 64.1 Å². The Hall–Kier alpha value is -2.59. The van der Waals surface area contributed by atoms with Gasteiger partial charge in [-0.1, -0.05) is 30.3 Å². The van der Waals surface area contributed by atoms with E-state index in [0.717, 1.165) is 24.9 Å². The molecule has 0 unspecified atom stereocenters. The van der Waals surface area contributed by atoms with Crippen molar-refractivity contribution in [3.63, 3.8) is 0 Å². The Balaban J connectivity index is 1.36. The Morgan fingerprint density at radius 3 is 2.67 bits per heavy atom. The summed E-state index contributed by atoms with van der Waals surface area (Å²) in [6, 6.07) is 11.5. The van der Waals surface area contributed by atoms with Crippen LogP contribution in [-0.4, -0.2) is 41.1 Å². The molecule has 0 N–H and O–H groups in total. The fraction of sp³-hybridized carbons (Fsp3) is 0.348. The molecule has 0 atom stereocenters. The lowest BCUT2D eigenvalue weighted by atomic mass is 9.83. The molecule has 1 fully saturated rings. The van der Waals surface area contributed by atoms with Gasteiger partial charge in [0, 0.05) is 29.3 Å². The minimum atomic E-state index is -0.0231. The average Bonchev–Trinajstić information content (AvgIpc) is 3.23. The van der Waals surface area contributed by atoms with Crippen LogP contribution in [0, 0.1) is 0 Å². The molecule has 4 heteroatoms. The normalized spacial score (nSPS) is 17.8. The van der Waals surface area contributed by atoms with Crippen LogP contribution >= 0.6 is 0 Å². The van der Waals surface area contributed by atoms with Crippen molar-refractivity contribution >= 4 is 23.2 Å². The number of nitrogens with zero attached hydrogens (tertiary/aromatic N) is 2.